The van der Waals surface area contributed by atoms with Crippen LogP contribution in [0.15, 0.2) is 66.7 Å². The SMILES string of the molecule is CCOP(=O)(c1ccccc1)c1cc(C#Cc2ccc(OCCCS(=O)(=O)O)cc2)cc(CO)n1. The van der Waals surface area contributed by atoms with Crippen molar-refractivity contribution in [2.45, 2.75) is 20.0 Å². The largest absolute Gasteiger partial charge is 0.494 e. The van der Waals surface area contributed by atoms with E-state index in [-0.39, 0.29) is 37.4 Å². The van der Waals surface area contributed by atoms with Crippen LogP contribution < -0.4 is 15.5 Å². The van der Waals surface area contributed by atoms with E-state index < -0.39 is 17.5 Å². The van der Waals surface area contributed by atoms with Crippen molar-refractivity contribution in [2.75, 3.05) is 19.0 Å². The predicted octanol–water partition coefficient (Wildman–Crippen LogP) is 2.90. The molecule has 0 fully saturated rings. The number of ether oxygens (including phenoxy) is 1. The summed E-state index contributed by atoms with van der Waals surface area (Å²) in [4.78, 5) is 4.36. The van der Waals surface area contributed by atoms with Gasteiger partial charge < -0.3 is 14.4 Å². The quantitative estimate of drug-likeness (QED) is 0.183. The number of aliphatic hydroxyl groups excluding tert-OH is 1. The van der Waals surface area contributed by atoms with Crippen molar-refractivity contribution in [3.63, 3.8) is 0 Å². The topological polar surface area (TPSA) is 123 Å². The van der Waals surface area contributed by atoms with Gasteiger partial charge in [0.15, 0.2) is 0 Å². The highest BCUT2D eigenvalue weighted by Crippen LogP contribution is 2.43. The number of aliphatic hydroxyl groups is 1. The first-order valence-electron chi connectivity index (χ1n) is 10.9. The molecule has 2 aromatic carbocycles. The van der Waals surface area contributed by atoms with Crippen molar-refractivity contribution in [1.82, 2.24) is 4.98 Å². The van der Waals surface area contributed by atoms with Gasteiger partial charge in [0.05, 0.1) is 31.3 Å². The molecule has 1 heterocycles. The molecule has 0 aliphatic heterocycles. The third kappa shape index (κ3) is 7.76. The van der Waals surface area contributed by atoms with E-state index in [1.54, 1.807) is 67.6 Å². The number of pyridine rings is 1. The highest BCUT2D eigenvalue weighted by Gasteiger charge is 2.30. The zero-order valence-corrected chi connectivity index (χ0v) is 20.8. The van der Waals surface area contributed by atoms with E-state index >= 15 is 0 Å². The summed E-state index contributed by atoms with van der Waals surface area (Å²) >= 11 is 0. The summed E-state index contributed by atoms with van der Waals surface area (Å²) in [5.41, 5.74) is 1.77. The van der Waals surface area contributed by atoms with Gasteiger partial charge in [-0.3, -0.25) is 9.12 Å². The molecule has 0 radical (unpaired) electrons. The highest BCUT2D eigenvalue weighted by atomic mass is 32.2. The molecule has 2 N–H and O–H groups in total. The standard InChI is InChI=1S/C25H26NO7PS/c1-2-33-34(28,24-7-4-3-5-8-24)25-18-21(17-22(19-27)26-25)10-9-20-11-13-23(14-12-20)32-15-6-16-35(29,30)31/h3-5,7-8,11-14,17-18,27H,2,6,15-16,19H2,1H3,(H,29,30,31). The summed E-state index contributed by atoms with van der Waals surface area (Å²) in [6, 6.07) is 19.0. The van der Waals surface area contributed by atoms with Crippen LogP contribution >= 0.6 is 7.37 Å². The fraction of sp³-hybridized carbons (Fsp3) is 0.240. The third-order valence-electron chi connectivity index (χ3n) is 4.76. The minimum atomic E-state index is -4.00. The Morgan fingerprint density at radius 1 is 1.00 bits per heavy atom. The molecular formula is C25H26NO7PS. The highest BCUT2D eigenvalue weighted by molar-refractivity contribution is 7.85. The maximum absolute atomic E-state index is 13.8. The van der Waals surface area contributed by atoms with Gasteiger partial charge in [0.25, 0.3) is 17.5 Å². The Balaban J connectivity index is 1.81. The fourth-order valence-electron chi connectivity index (χ4n) is 3.17. The lowest BCUT2D eigenvalue weighted by Crippen LogP contribution is -2.22. The van der Waals surface area contributed by atoms with E-state index in [4.69, 9.17) is 13.8 Å². The number of aromatic nitrogens is 1. The van der Waals surface area contributed by atoms with Gasteiger partial charge in [0, 0.05) is 16.4 Å². The number of benzene rings is 2. The predicted molar refractivity (Wildman–Crippen MR) is 134 cm³/mol. The molecule has 8 nitrogen and oxygen atoms in total. The molecule has 35 heavy (non-hydrogen) atoms. The molecule has 1 unspecified atom stereocenters. The van der Waals surface area contributed by atoms with Crippen LogP contribution in [0.25, 0.3) is 0 Å². The monoisotopic (exact) mass is 515 g/mol. The first kappa shape index (κ1) is 26.6. The van der Waals surface area contributed by atoms with E-state index in [0.29, 0.717) is 27.9 Å². The van der Waals surface area contributed by atoms with Gasteiger partial charge in [-0.1, -0.05) is 30.0 Å². The van der Waals surface area contributed by atoms with Crippen molar-refractivity contribution >= 4 is 28.2 Å². The van der Waals surface area contributed by atoms with E-state index in [1.807, 2.05) is 6.07 Å². The molecule has 0 saturated heterocycles. The Kier molecular flexibility index (Phi) is 9.21. The maximum Gasteiger partial charge on any atom is 0.279 e. The molecule has 0 aliphatic rings. The second-order valence-corrected chi connectivity index (χ2v) is 11.3. The van der Waals surface area contributed by atoms with Crippen molar-refractivity contribution in [3.05, 3.63) is 83.6 Å². The lowest BCUT2D eigenvalue weighted by atomic mass is 10.2. The van der Waals surface area contributed by atoms with Gasteiger partial charge in [-0.2, -0.15) is 8.42 Å². The summed E-state index contributed by atoms with van der Waals surface area (Å²) < 4.78 is 55.2. The summed E-state index contributed by atoms with van der Waals surface area (Å²) in [5, 5.41) is 10.2. The summed E-state index contributed by atoms with van der Waals surface area (Å²) in [6.07, 6.45) is 0.173. The molecule has 0 spiro atoms. The molecule has 0 amide bonds. The van der Waals surface area contributed by atoms with Crippen molar-refractivity contribution < 1.29 is 31.9 Å². The van der Waals surface area contributed by atoms with Crippen molar-refractivity contribution in [1.29, 1.82) is 0 Å². The van der Waals surface area contributed by atoms with Crippen LogP contribution in [0.5, 0.6) is 5.75 Å². The molecular weight excluding hydrogens is 489 g/mol. The minimum absolute atomic E-state index is 0.149. The first-order chi connectivity index (χ1) is 16.7. The Hall–Kier alpha value is -2.99. The van der Waals surface area contributed by atoms with Crippen LogP contribution in [0.4, 0.5) is 0 Å². The fourth-order valence-corrected chi connectivity index (χ4v) is 5.69. The number of hydrogen-bond acceptors (Lipinski definition) is 7. The van der Waals surface area contributed by atoms with E-state index in [1.165, 1.54) is 0 Å². The van der Waals surface area contributed by atoms with Crippen LogP contribution in [0.3, 0.4) is 0 Å². The first-order valence-corrected chi connectivity index (χ1v) is 14.1. The summed E-state index contributed by atoms with van der Waals surface area (Å²) in [7, 11) is -7.48. The normalized spacial score (nSPS) is 12.9. The Morgan fingerprint density at radius 2 is 1.69 bits per heavy atom. The number of hydrogen-bond donors (Lipinski definition) is 2. The van der Waals surface area contributed by atoms with Gasteiger partial charge in [0.2, 0.25) is 0 Å². The van der Waals surface area contributed by atoms with Crippen LogP contribution in [0.1, 0.15) is 30.2 Å². The zero-order valence-electron chi connectivity index (χ0n) is 19.1. The average molecular weight is 516 g/mol. The zero-order chi connectivity index (χ0) is 25.3. The minimum Gasteiger partial charge on any atom is -0.494 e. The van der Waals surface area contributed by atoms with E-state index in [9.17, 15) is 18.1 Å². The Bertz CT molecular complexity index is 1350. The molecule has 184 valence electrons. The molecule has 1 aromatic heterocycles. The van der Waals surface area contributed by atoms with Gasteiger partial charge in [0.1, 0.15) is 11.2 Å². The molecule has 10 heteroatoms. The maximum atomic E-state index is 13.8. The lowest BCUT2D eigenvalue weighted by molar-refractivity contribution is 0.277. The van der Waals surface area contributed by atoms with Gasteiger partial charge in [-0.25, -0.2) is 4.98 Å². The van der Waals surface area contributed by atoms with Gasteiger partial charge >= 0.3 is 0 Å². The molecule has 1 atom stereocenters. The Morgan fingerprint density at radius 3 is 2.31 bits per heavy atom. The molecule has 0 aliphatic carbocycles. The van der Waals surface area contributed by atoms with Crippen LogP contribution in [-0.2, 0) is 25.8 Å². The van der Waals surface area contributed by atoms with Crippen LogP contribution in [0.2, 0.25) is 0 Å². The smallest absolute Gasteiger partial charge is 0.279 e. The molecule has 0 saturated carbocycles. The number of nitrogens with zero attached hydrogens (tertiary/aromatic N) is 1. The molecule has 3 aromatic rings. The molecule has 0 bridgehead atoms. The number of rotatable bonds is 10. The van der Waals surface area contributed by atoms with Crippen LogP contribution in [-0.4, -0.2) is 42.0 Å². The van der Waals surface area contributed by atoms with Gasteiger partial charge in [-0.05, 0) is 61.9 Å². The van der Waals surface area contributed by atoms with E-state index in [0.717, 1.165) is 0 Å². The Labute approximate surface area is 205 Å². The van der Waals surface area contributed by atoms with Crippen LogP contribution in [0, 0.1) is 11.8 Å². The van der Waals surface area contributed by atoms with Crippen molar-refractivity contribution in [2.24, 2.45) is 0 Å². The second kappa shape index (κ2) is 12.1. The van der Waals surface area contributed by atoms with E-state index in [2.05, 4.69) is 16.8 Å². The molecule has 3 rings (SSSR count). The summed E-state index contributed by atoms with van der Waals surface area (Å²) in [5.74, 6) is 6.22. The third-order valence-corrected chi connectivity index (χ3v) is 7.99. The van der Waals surface area contributed by atoms with Crippen molar-refractivity contribution in [3.8, 4) is 17.6 Å². The summed E-state index contributed by atoms with van der Waals surface area (Å²) in [6.45, 7) is 1.79. The van der Waals surface area contributed by atoms with Gasteiger partial charge in [-0.15, -0.1) is 0 Å². The average Bonchev–Trinajstić information content (AvgIpc) is 2.86. The lowest BCUT2D eigenvalue weighted by Gasteiger charge is -2.18. The second-order valence-electron chi connectivity index (χ2n) is 7.43.